The molecule has 3 aromatic rings. The molecule has 1 saturated heterocycles. The quantitative estimate of drug-likeness (QED) is 0.542. The third-order valence-electron chi connectivity index (χ3n) is 5.94. The number of ether oxygens (including phenoxy) is 1. The third kappa shape index (κ3) is 5.22. The van der Waals surface area contributed by atoms with E-state index in [9.17, 15) is 14.7 Å². The molecule has 1 aromatic heterocycles. The highest BCUT2D eigenvalue weighted by Gasteiger charge is 2.21. The van der Waals surface area contributed by atoms with Gasteiger partial charge in [0.15, 0.2) is 0 Å². The lowest BCUT2D eigenvalue weighted by molar-refractivity contribution is -0.116. The molecule has 4 rings (SSSR count). The Kier molecular flexibility index (Phi) is 6.86. The number of aromatic nitrogens is 1. The third-order valence-corrected chi connectivity index (χ3v) is 5.94. The van der Waals surface area contributed by atoms with Gasteiger partial charge in [-0.05, 0) is 54.4 Å². The Morgan fingerprint density at radius 1 is 1.03 bits per heavy atom. The molecule has 0 radical (unpaired) electrons. The molecule has 1 fully saturated rings. The van der Waals surface area contributed by atoms with Gasteiger partial charge in [0.2, 0.25) is 5.91 Å². The van der Waals surface area contributed by atoms with Crippen LogP contribution in [0.1, 0.15) is 30.6 Å². The van der Waals surface area contributed by atoms with E-state index in [-0.39, 0.29) is 17.4 Å². The maximum absolute atomic E-state index is 12.1. The second-order valence-corrected chi connectivity index (χ2v) is 8.88. The minimum atomic E-state index is -1.02. The van der Waals surface area contributed by atoms with Crippen molar-refractivity contribution in [1.29, 1.82) is 0 Å². The van der Waals surface area contributed by atoms with Crippen LogP contribution in [0.25, 0.3) is 10.9 Å². The first kappa shape index (κ1) is 23.4. The van der Waals surface area contributed by atoms with Crippen LogP contribution in [0.15, 0.2) is 48.5 Å². The molecule has 0 bridgehead atoms. The van der Waals surface area contributed by atoms with Gasteiger partial charge in [0.1, 0.15) is 11.6 Å². The number of benzene rings is 2. The van der Waals surface area contributed by atoms with Gasteiger partial charge in [0.05, 0.1) is 18.2 Å². The Hall–Kier alpha value is -3.81. The van der Waals surface area contributed by atoms with Gasteiger partial charge in [-0.15, -0.1) is 0 Å². The predicted molar refractivity (Wildman–Crippen MR) is 134 cm³/mol. The minimum Gasteiger partial charge on any atom is -0.497 e. The topological polar surface area (TPSA) is 95.0 Å². The summed E-state index contributed by atoms with van der Waals surface area (Å²) in [6.07, 6.45) is 0.406. The largest absolute Gasteiger partial charge is 0.497 e. The van der Waals surface area contributed by atoms with Crippen LogP contribution in [0.5, 0.6) is 5.75 Å². The van der Waals surface area contributed by atoms with Crippen LogP contribution >= 0.6 is 0 Å². The number of anilines is 3. The lowest BCUT2D eigenvalue weighted by Gasteiger charge is -2.37. The maximum Gasteiger partial charge on any atom is 0.336 e. The number of nitrogens with one attached hydrogen (secondary N) is 1. The summed E-state index contributed by atoms with van der Waals surface area (Å²) < 4.78 is 5.23. The minimum absolute atomic E-state index is 0.0921. The molecule has 1 amide bonds. The van der Waals surface area contributed by atoms with E-state index in [0.29, 0.717) is 28.8 Å². The highest BCUT2D eigenvalue weighted by atomic mass is 16.5. The Bertz CT molecular complexity index is 1190. The van der Waals surface area contributed by atoms with Gasteiger partial charge in [-0.25, -0.2) is 9.78 Å². The van der Waals surface area contributed by atoms with E-state index in [1.165, 1.54) is 0 Å². The molecule has 0 atom stereocenters. The summed E-state index contributed by atoms with van der Waals surface area (Å²) in [7, 11) is 1.65. The number of piperazine rings is 1. The number of pyridine rings is 1. The molecule has 2 heterocycles. The monoisotopic (exact) mass is 462 g/mol. The average Bonchev–Trinajstić information content (AvgIpc) is 2.83. The van der Waals surface area contributed by atoms with E-state index < -0.39 is 5.97 Å². The van der Waals surface area contributed by atoms with Crippen LogP contribution < -0.4 is 19.9 Å². The Morgan fingerprint density at radius 3 is 2.32 bits per heavy atom. The van der Waals surface area contributed by atoms with Crippen LogP contribution in [-0.2, 0) is 4.79 Å². The van der Waals surface area contributed by atoms with Crippen molar-refractivity contribution < 1.29 is 19.4 Å². The molecule has 178 valence electrons. The number of amides is 1. The highest BCUT2D eigenvalue weighted by Crippen LogP contribution is 2.28. The summed E-state index contributed by atoms with van der Waals surface area (Å²) in [5.41, 5.74) is 2.47. The number of carbonyl (C=O) groups is 2. The number of hydrogen-bond donors (Lipinski definition) is 2. The molecule has 0 unspecified atom stereocenters. The summed E-state index contributed by atoms with van der Waals surface area (Å²) in [6, 6.07) is 14.8. The van der Waals surface area contributed by atoms with Crippen LogP contribution in [0.3, 0.4) is 0 Å². The van der Waals surface area contributed by atoms with Gasteiger partial charge in [-0.1, -0.05) is 13.8 Å². The zero-order valence-electron chi connectivity index (χ0n) is 19.7. The van der Waals surface area contributed by atoms with E-state index >= 15 is 0 Å². The first-order chi connectivity index (χ1) is 16.3. The summed E-state index contributed by atoms with van der Waals surface area (Å²) in [4.78, 5) is 33.4. The van der Waals surface area contributed by atoms with E-state index in [0.717, 1.165) is 37.6 Å². The molecule has 2 aromatic carbocycles. The van der Waals surface area contributed by atoms with Gasteiger partial charge < -0.3 is 25.0 Å². The van der Waals surface area contributed by atoms with Crippen LogP contribution in [-0.4, -0.2) is 55.3 Å². The van der Waals surface area contributed by atoms with E-state index in [1.54, 1.807) is 31.4 Å². The summed E-state index contributed by atoms with van der Waals surface area (Å²) in [5.74, 6) is 0.605. The second-order valence-electron chi connectivity index (χ2n) is 8.88. The lowest BCUT2D eigenvalue weighted by atomic mass is 10.1. The lowest BCUT2D eigenvalue weighted by Crippen LogP contribution is -2.46. The van der Waals surface area contributed by atoms with Crippen molar-refractivity contribution in [2.24, 2.45) is 5.92 Å². The molecule has 1 aliphatic heterocycles. The number of methoxy groups -OCH3 is 1. The van der Waals surface area contributed by atoms with Gasteiger partial charge in [0, 0.05) is 49.4 Å². The van der Waals surface area contributed by atoms with Crippen molar-refractivity contribution in [3.8, 4) is 5.75 Å². The second kappa shape index (κ2) is 9.99. The highest BCUT2D eigenvalue weighted by molar-refractivity contribution is 6.05. The Balaban J connectivity index is 1.53. The fourth-order valence-corrected chi connectivity index (χ4v) is 4.20. The molecule has 2 N–H and O–H groups in total. The SMILES string of the molecule is COc1ccc(N2CCN(c3cc(C(=O)O)c4cc(NC(=O)CC(C)C)ccc4n3)CC2)cc1. The summed E-state index contributed by atoms with van der Waals surface area (Å²) >= 11 is 0. The zero-order valence-corrected chi connectivity index (χ0v) is 19.7. The van der Waals surface area contributed by atoms with Crippen LogP contribution in [0.4, 0.5) is 17.2 Å². The van der Waals surface area contributed by atoms with Gasteiger partial charge >= 0.3 is 5.97 Å². The number of carbonyl (C=O) groups excluding carboxylic acids is 1. The molecular weight excluding hydrogens is 432 g/mol. The number of hydrogen-bond acceptors (Lipinski definition) is 6. The number of carboxylic acids is 1. The van der Waals surface area contributed by atoms with Crippen molar-refractivity contribution in [2.45, 2.75) is 20.3 Å². The van der Waals surface area contributed by atoms with Crippen molar-refractivity contribution in [2.75, 3.05) is 48.4 Å². The standard InChI is InChI=1S/C26H30N4O4/c1-17(2)14-25(31)27-18-4-9-23-21(15-18)22(26(32)33)16-24(28-23)30-12-10-29(11-13-30)19-5-7-20(34-3)8-6-19/h4-9,15-17H,10-14H2,1-3H3,(H,27,31)(H,32,33). The molecular formula is C26H30N4O4. The van der Waals surface area contributed by atoms with E-state index in [4.69, 9.17) is 9.72 Å². The average molecular weight is 463 g/mol. The first-order valence-electron chi connectivity index (χ1n) is 11.5. The Labute approximate surface area is 199 Å². The molecule has 34 heavy (non-hydrogen) atoms. The molecule has 1 aliphatic rings. The van der Waals surface area contributed by atoms with E-state index in [2.05, 4.69) is 15.1 Å². The molecule has 8 nitrogen and oxygen atoms in total. The molecule has 8 heteroatoms. The predicted octanol–water partition coefficient (Wildman–Crippen LogP) is 4.25. The zero-order chi connectivity index (χ0) is 24.2. The number of rotatable bonds is 7. The first-order valence-corrected chi connectivity index (χ1v) is 11.5. The van der Waals surface area contributed by atoms with E-state index in [1.807, 2.05) is 38.1 Å². The maximum atomic E-state index is 12.1. The van der Waals surface area contributed by atoms with Crippen LogP contribution in [0, 0.1) is 5.92 Å². The van der Waals surface area contributed by atoms with Gasteiger partial charge in [-0.2, -0.15) is 0 Å². The van der Waals surface area contributed by atoms with Crippen molar-refractivity contribution in [1.82, 2.24) is 4.98 Å². The fourth-order valence-electron chi connectivity index (χ4n) is 4.20. The number of carboxylic acid groups (broad SMARTS) is 1. The summed E-state index contributed by atoms with van der Waals surface area (Å²) in [6.45, 7) is 7.01. The smallest absolute Gasteiger partial charge is 0.336 e. The van der Waals surface area contributed by atoms with Gasteiger partial charge in [-0.3, -0.25) is 4.79 Å². The number of nitrogens with zero attached hydrogens (tertiary/aromatic N) is 3. The van der Waals surface area contributed by atoms with Gasteiger partial charge in [0.25, 0.3) is 0 Å². The Morgan fingerprint density at radius 2 is 1.71 bits per heavy atom. The fraction of sp³-hybridized carbons (Fsp3) is 0.346. The normalized spacial score (nSPS) is 13.9. The van der Waals surface area contributed by atoms with Crippen molar-refractivity contribution in [3.63, 3.8) is 0 Å². The number of fused-ring (bicyclic) bond motifs is 1. The van der Waals surface area contributed by atoms with Crippen molar-refractivity contribution >= 4 is 40.0 Å². The summed E-state index contributed by atoms with van der Waals surface area (Å²) in [5, 5.41) is 13.2. The van der Waals surface area contributed by atoms with Crippen LogP contribution in [0.2, 0.25) is 0 Å². The molecule has 0 saturated carbocycles. The number of aromatic carboxylic acids is 1. The molecule has 0 spiro atoms. The molecule has 0 aliphatic carbocycles. The van der Waals surface area contributed by atoms with Crippen molar-refractivity contribution in [3.05, 3.63) is 54.1 Å².